The number of halogens is 1. The highest BCUT2D eigenvalue weighted by Gasteiger charge is 2.30. The van der Waals surface area contributed by atoms with Crippen molar-refractivity contribution in [1.29, 1.82) is 5.26 Å². The Balaban J connectivity index is 1.42. The van der Waals surface area contributed by atoms with Gasteiger partial charge in [-0.3, -0.25) is 5.32 Å². The molecular weight excluding hydrogens is 544 g/mol. The monoisotopic (exact) mass is 572 g/mol. The number of anilines is 1. The third kappa shape index (κ3) is 6.39. The summed E-state index contributed by atoms with van der Waals surface area (Å²) in [6.07, 6.45) is 1.92. The number of pyridine rings is 1. The maximum absolute atomic E-state index is 12.9. The molecule has 0 radical (unpaired) electrons. The Kier molecular flexibility index (Phi) is 7.51. The van der Waals surface area contributed by atoms with E-state index < -0.39 is 17.7 Å². The zero-order chi connectivity index (χ0) is 29.3. The second-order valence-corrected chi connectivity index (χ2v) is 11.2. The first-order valence-corrected chi connectivity index (χ1v) is 13.5. The molecule has 3 aromatic heterocycles. The summed E-state index contributed by atoms with van der Waals surface area (Å²) in [6, 6.07) is 13.9. The van der Waals surface area contributed by atoms with Gasteiger partial charge in [-0.2, -0.15) is 10.4 Å². The number of nitriles is 1. The summed E-state index contributed by atoms with van der Waals surface area (Å²) in [5, 5.41) is 20.2. The van der Waals surface area contributed by atoms with Crippen LogP contribution in [0.25, 0.3) is 28.0 Å². The molecule has 210 valence electrons. The van der Waals surface area contributed by atoms with Gasteiger partial charge in [0.15, 0.2) is 5.65 Å². The quantitative estimate of drug-likeness (QED) is 0.311. The average Bonchev–Trinajstić information content (AvgIpc) is 3.52. The van der Waals surface area contributed by atoms with Crippen molar-refractivity contribution in [2.24, 2.45) is 0 Å². The SMILES string of the molecule is Cc1cc(-c2c(-c3cccc(C#N)c3)nn3ccc(NC(=O)N[C@@H]4CCN(C(=O)OC(C)(C)C)C4)nc23)cc(Cl)n1. The molecule has 11 nitrogen and oxygen atoms in total. The number of hydrogen-bond acceptors (Lipinski definition) is 7. The highest BCUT2D eigenvalue weighted by atomic mass is 35.5. The molecule has 1 aliphatic heterocycles. The molecule has 3 amide bonds. The smallest absolute Gasteiger partial charge is 0.410 e. The zero-order valence-corrected chi connectivity index (χ0v) is 23.9. The van der Waals surface area contributed by atoms with Crippen LogP contribution in [0.1, 0.15) is 38.4 Å². The van der Waals surface area contributed by atoms with E-state index in [0.29, 0.717) is 58.6 Å². The number of aryl methyl sites for hydroxylation is 1. The van der Waals surface area contributed by atoms with E-state index in [1.165, 1.54) is 0 Å². The number of amides is 3. The minimum atomic E-state index is -0.588. The van der Waals surface area contributed by atoms with Crippen molar-refractivity contribution < 1.29 is 14.3 Å². The van der Waals surface area contributed by atoms with Crippen LogP contribution in [0.3, 0.4) is 0 Å². The normalized spacial score (nSPS) is 15.0. The number of likely N-dealkylation sites (tertiary alicyclic amines) is 1. The fourth-order valence-corrected chi connectivity index (χ4v) is 4.93. The first kappa shape index (κ1) is 27.9. The van der Waals surface area contributed by atoms with E-state index in [4.69, 9.17) is 26.4 Å². The fraction of sp³-hybridized carbons (Fsp3) is 0.310. The molecule has 1 fully saturated rings. The van der Waals surface area contributed by atoms with Crippen LogP contribution < -0.4 is 10.6 Å². The van der Waals surface area contributed by atoms with Crippen LogP contribution in [0.15, 0.2) is 48.7 Å². The first-order valence-electron chi connectivity index (χ1n) is 13.1. The van der Waals surface area contributed by atoms with Crippen molar-refractivity contribution in [2.45, 2.75) is 45.8 Å². The van der Waals surface area contributed by atoms with Crippen LogP contribution in [0.4, 0.5) is 15.4 Å². The molecule has 1 atom stereocenters. The summed E-state index contributed by atoms with van der Waals surface area (Å²) < 4.78 is 7.05. The van der Waals surface area contributed by atoms with Crippen molar-refractivity contribution in [3.8, 4) is 28.5 Å². The predicted molar refractivity (Wildman–Crippen MR) is 154 cm³/mol. The molecule has 0 unspecified atom stereocenters. The molecule has 1 saturated heterocycles. The number of hydrogen-bond donors (Lipinski definition) is 2. The zero-order valence-electron chi connectivity index (χ0n) is 23.1. The molecule has 0 spiro atoms. The molecule has 2 N–H and O–H groups in total. The Morgan fingerprint density at radius 1 is 1.15 bits per heavy atom. The summed E-state index contributed by atoms with van der Waals surface area (Å²) in [6.45, 7) is 8.14. The van der Waals surface area contributed by atoms with Gasteiger partial charge in [0.05, 0.1) is 17.2 Å². The highest BCUT2D eigenvalue weighted by molar-refractivity contribution is 6.29. The summed E-state index contributed by atoms with van der Waals surface area (Å²) in [5.74, 6) is 0.312. The molecule has 5 rings (SSSR count). The summed E-state index contributed by atoms with van der Waals surface area (Å²) in [7, 11) is 0. The lowest BCUT2D eigenvalue weighted by Gasteiger charge is -2.24. The Morgan fingerprint density at radius 3 is 2.68 bits per heavy atom. The van der Waals surface area contributed by atoms with Crippen LogP contribution in [0, 0.1) is 18.3 Å². The Hall–Kier alpha value is -4.69. The van der Waals surface area contributed by atoms with Gasteiger partial charge in [-0.1, -0.05) is 23.7 Å². The summed E-state index contributed by atoms with van der Waals surface area (Å²) in [5.41, 5.74) is 3.88. The molecule has 4 heterocycles. The van der Waals surface area contributed by atoms with E-state index in [1.807, 2.05) is 39.8 Å². The molecule has 1 aliphatic rings. The van der Waals surface area contributed by atoms with E-state index in [0.717, 1.165) is 11.1 Å². The van der Waals surface area contributed by atoms with Gasteiger partial charge in [-0.25, -0.2) is 24.1 Å². The number of urea groups is 1. The third-order valence-electron chi connectivity index (χ3n) is 6.38. The maximum atomic E-state index is 12.9. The van der Waals surface area contributed by atoms with Gasteiger partial charge in [0.2, 0.25) is 0 Å². The van der Waals surface area contributed by atoms with Crippen LogP contribution in [-0.2, 0) is 4.74 Å². The van der Waals surface area contributed by atoms with Crippen molar-refractivity contribution in [2.75, 3.05) is 18.4 Å². The molecule has 0 bridgehead atoms. The molecular formula is C29H29ClN8O3. The van der Waals surface area contributed by atoms with Gasteiger partial charge in [0.1, 0.15) is 22.3 Å². The van der Waals surface area contributed by atoms with Crippen LogP contribution in [0.5, 0.6) is 0 Å². The van der Waals surface area contributed by atoms with Gasteiger partial charge < -0.3 is 15.0 Å². The number of fused-ring (bicyclic) bond motifs is 1. The fourth-order valence-electron chi connectivity index (χ4n) is 4.68. The summed E-state index contributed by atoms with van der Waals surface area (Å²) >= 11 is 6.31. The number of nitrogens with zero attached hydrogens (tertiary/aromatic N) is 6. The van der Waals surface area contributed by atoms with E-state index in [1.54, 1.807) is 45.9 Å². The molecule has 12 heteroatoms. The second-order valence-electron chi connectivity index (χ2n) is 10.8. The van der Waals surface area contributed by atoms with Crippen molar-refractivity contribution in [3.05, 3.63) is 65.1 Å². The number of benzene rings is 1. The first-order chi connectivity index (χ1) is 19.5. The minimum Gasteiger partial charge on any atom is -0.444 e. The van der Waals surface area contributed by atoms with Crippen LogP contribution >= 0.6 is 11.6 Å². The number of rotatable bonds is 4. The Labute approximate surface area is 242 Å². The Morgan fingerprint density at radius 2 is 1.95 bits per heavy atom. The average molecular weight is 573 g/mol. The van der Waals surface area contributed by atoms with Gasteiger partial charge in [-0.15, -0.1) is 0 Å². The minimum absolute atomic E-state index is 0.224. The highest BCUT2D eigenvalue weighted by Crippen LogP contribution is 2.36. The van der Waals surface area contributed by atoms with Gasteiger partial charge in [0.25, 0.3) is 0 Å². The summed E-state index contributed by atoms with van der Waals surface area (Å²) in [4.78, 5) is 35.8. The van der Waals surface area contributed by atoms with Gasteiger partial charge in [-0.05, 0) is 70.0 Å². The lowest BCUT2D eigenvalue weighted by atomic mass is 10.00. The van der Waals surface area contributed by atoms with Crippen molar-refractivity contribution in [3.63, 3.8) is 0 Å². The molecule has 1 aromatic carbocycles. The number of nitrogens with one attached hydrogen (secondary N) is 2. The predicted octanol–water partition coefficient (Wildman–Crippen LogP) is 5.42. The lowest BCUT2D eigenvalue weighted by molar-refractivity contribution is 0.0291. The van der Waals surface area contributed by atoms with Gasteiger partial charge in [0, 0.05) is 36.6 Å². The van der Waals surface area contributed by atoms with Gasteiger partial charge >= 0.3 is 12.1 Å². The molecule has 41 heavy (non-hydrogen) atoms. The van der Waals surface area contributed by atoms with Crippen molar-refractivity contribution >= 4 is 35.2 Å². The number of aromatic nitrogens is 4. The van der Waals surface area contributed by atoms with E-state index in [2.05, 4.69) is 21.7 Å². The number of carbonyl (C=O) groups excluding carboxylic acids is 2. The number of carbonyl (C=O) groups is 2. The topological polar surface area (TPSA) is 138 Å². The van der Waals surface area contributed by atoms with E-state index in [-0.39, 0.29) is 6.04 Å². The van der Waals surface area contributed by atoms with Crippen LogP contribution in [0.2, 0.25) is 5.15 Å². The second kappa shape index (κ2) is 11.1. The lowest BCUT2D eigenvalue weighted by Crippen LogP contribution is -2.41. The van der Waals surface area contributed by atoms with Crippen LogP contribution in [-0.4, -0.2) is 61.3 Å². The molecule has 0 aliphatic carbocycles. The van der Waals surface area contributed by atoms with Crippen molar-refractivity contribution in [1.82, 2.24) is 29.8 Å². The number of ether oxygens (including phenoxy) is 1. The maximum Gasteiger partial charge on any atom is 0.410 e. The third-order valence-corrected chi connectivity index (χ3v) is 6.57. The van der Waals surface area contributed by atoms with E-state index >= 15 is 0 Å². The van der Waals surface area contributed by atoms with E-state index in [9.17, 15) is 14.9 Å². The molecule has 4 aromatic rings. The largest absolute Gasteiger partial charge is 0.444 e. The Bertz CT molecular complexity index is 1670. The molecule has 0 saturated carbocycles. The standard InChI is InChI=1S/C29H29ClN8O3/c1-17-12-20(14-22(30)32-17)24-25(19-7-5-6-18(13-19)15-31)36-38-11-9-23(34-26(24)38)35-27(39)33-21-8-10-37(16-21)28(40)41-29(2,3)4/h5-7,9,11-14,21H,8,10,16H2,1-4H3,(H2,33,34,35,39)/t21-/m1/s1.